The largest absolute Gasteiger partial charge is 0.494 e. The van der Waals surface area contributed by atoms with Crippen LogP contribution in [-0.2, 0) is 11.3 Å². The average Bonchev–Trinajstić information content (AvgIpc) is 2.62. The van der Waals surface area contributed by atoms with Crippen molar-refractivity contribution in [3.05, 3.63) is 63.5 Å². The summed E-state index contributed by atoms with van der Waals surface area (Å²) in [5, 5.41) is 13.8. The minimum atomic E-state index is -0.521. The first-order chi connectivity index (χ1) is 12.8. The first-order valence-corrected chi connectivity index (χ1v) is 8.55. The molecule has 2 N–H and O–H groups in total. The first-order valence-electron chi connectivity index (χ1n) is 8.55. The number of amides is 1. The second kappa shape index (κ2) is 9.09. The van der Waals surface area contributed by atoms with E-state index in [4.69, 9.17) is 4.74 Å². The van der Waals surface area contributed by atoms with Gasteiger partial charge in [-0.05, 0) is 37.6 Å². The number of nitro groups is 1. The Morgan fingerprint density at radius 3 is 2.67 bits per heavy atom. The van der Waals surface area contributed by atoms with E-state index in [0.717, 1.165) is 10.5 Å². The minimum Gasteiger partial charge on any atom is -0.494 e. The number of rotatable bonds is 8. The topological polar surface area (TPSA) is 85.9 Å². The van der Waals surface area contributed by atoms with E-state index < -0.39 is 10.7 Å². The number of likely N-dealkylation sites (N-methyl/N-ethyl adjacent to an activating group) is 1. The lowest BCUT2D eigenvalue weighted by molar-refractivity contribution is -0.903. The number of para-hydroxylation sites is 1. The number of nitro benzene ring substituents is 1. The van der Waals surface area contributed by atoms with Crippen LogP contribution >= 0.6 is 0 Å². The fourth-order valence-electron chi connectivity index (χ4n) is 2.80. The zero-order valence-electron chi connectivity index (χ0n) is 15.5. The van der Waals surface area contributed by atoms with Crippen molar-refractivity contribution in [2.75, 3.05) is 25.5 Å². The number of ether oxygens (including phenoxy) is 1. The smallest absolute Gasteiger partial charge is 0.293 e. The zero-order chi connectivity index (χ0) is 20.0. The molecule has 1 atom stereocenters. The fourth-order valence-corrected chi connectivity index (χ4v) is 2.80. The lowest BCUT2D eigenvalue weighted by Gasteiger charge is -2.18. The number of methoxy groups -OCH3 is 1. The molecule has 144 valence electrons. The molecular weight excluding hydrogens is 353 g/mol. The molecule has 0 heterocycles. The summed E-state index contributed by atoms with van der Waals surface area (Å²) in [6.07, 6.45) is 0. The van der Waals surface area contributed by atoms with Crippen LogP contribution in [0.4, 0.5) is 15.8 Å². The van der Waals surface area contributed by atoms with Crippen LogP contribution in [0, 0.1) is 22.9 Å². The van der Waals surface area contributed by atoms with Crippen LogP contribution in [0.1, 0.15) is 18.1 Å². The molecular formula is C19H23FN3O4+. The summed E-state index contributed by atoms with van der Waals surface area (Å²) in [5.74, 6) is -0.620. The van der Waals surface area contributed by atoms with Gasteiger partial charge in [-0.1, -0.05) is 12.1 Å². The van der Waals surface area contributed by atoms with E-state index in [2.05, 4.69) is 5.32 Å². The van der Waals surface area contributed by atoms with Crippen LogP contribution in [0.15, 0.2) is 36.4 Å². The molecule has 0 spiro atoms. The van der Waals surface area contributed by atoms with Gasteiger partial charge in [-0.15, -0.1) is 0 Å². The van der Waals surface area contributed by atoms with Crippen molar-refractivity contribution < 1.29 is 23.7 Å². The molecule has 0 bridgehead atoms. The SMILES string of the molecule is CC[NH+](CC(=O)Nc1c(C)cccc1[N+](=O)[O-])Cc1ccc(OC)c(F)c1. The van der Waals surface area contributed by atoms with Gasteiger partial charge >= 0.3 is 0 Å². The van der Waals surface area contributed by atoms with Crippen LogP contribution in [0.25, 0.3) is 0 Å². The quantitative estimate of drug-likeness (QED) is 0.546. The van der Waals surface area contributed by atoms with Gasteiger partial charge in [0, 0.05) is 11.6 Å². The Morgan fingerprint density at radius 2 is 2.07 bits per heavy atom. The van der Waals surface area contributed by atoms with Crippen molar-refractivity contribution >= 4 is 17.3 Å². The molecule has 7 nitrogen and oxygen atoms in total. The molecule has 8 heteroatoms. The van der Waals surface area contributed by atoms with E-state index in [1.165, 1.54) is 19.2 Å². The van der Waals surface area contributed by atoms with E-state index in [9.17, 15) is 19.3 Å². The maximum Gasteiger partial charge on any atom is 0.293 e. The number of nitrogens with one attached hydrogen (secondary N) is 2. The van der Waals surface area contributed by atoms with E-state index in [0.29, 0.717) is 18.7 Å². The number of anilines is 1. The van der Waals surface area contributed by atoms with Gasteiger partial charge in [0.25, 0.3) is 11.6 Å². The summed E-state index contributed by atoms with van der Waals surface area (Å²) >= 11 is 0. The average molecular weight is 376 g/mol. The number of aryl methyl sites for hydroxylation is 1. The molecule has 2 rings (SSSR count). The van der Waals surface area contributed by atoms with Gasteiger partial charge in [0.05, 0.1) is 18.6 Å². The van der Waals surface area contributed by atoms with Crippen LogP contribution < -0.4 is 15.0 Å². The number of carbonyl (C=O) groups excluding carboxylic acids is 1. The molecule has 0 saturated carbocycles. The van der Waals surface area contributed by atoms with Crippen LogP contribution in [0.3, 0.4) is 0 Å². The molecule has 0 radical (unpaired) electrons. The van der Waals surface area contributed by atoms with Crippen LogP contribution in [-0.4, -0.2) is 31.0 Å². The van der Waals surface area contributed by atoms with E-state index in [1.54, 1.807) is 31.2 Å². The molecule has 2 aromatic carbocycles. The van der Waals surface area contributed by atoms with Gasteiger partial charge in [0.1, 0.15) is 12.2 Å². The fraction of sp³-hybridized carbons (Fsp3) is 0.316. The highest BCUT2D eigenvalue weighted by atomic mass is 19.1. The van der Waals surface area contributed by atoms with Crippen LogP contribution in [0.2, 0.25) is 0 Å². The lowest BCUT2D eigenvalue weighted by Crippen LogP contribution is -3.11. The number of hydrogen-bond acceptors (Lipinski definition) is 4. The standard InChI is InChI=1S/C19H22FN3O4/c1-4-22(11-14-8-9-17(27-3)15(20)10-14)12-18(24)21-19-13(2)6-5-7-16(19)23(25)26/h5-10H,4,11-12H2,1-3H3,(H,21,24)/p+1. The van der Waals surface area contributed by atoms with Crippen molar-refractivity contribution in [3.63, 3.8) is 0 Å². The number of quaternary nitrogens is 1. The minimum absolute atomic E-state index is 0.107. The third-order valence-electron chi connectivity index (χ3n) is 4.29. The maximum atomic E-state index is 13.8. The number of nitrogens with zero attached hydrogens (tertiary/aromatic N) is 1. The third kappa shape index (κ3) is 5.24. The van der Waals surface area contributed by atoms with Gasteiger partial charge in [-0.25, -0.2) is 4.39 Å². The number of benzene rings is 2. The highest BCUT2D eigenvalue weighted by molar-refractivity contribution is 5.94. The molecule has 0 aliphatic rings. The number of halogens is 1. The second-order valence-corrected chi connectivity index (χ2v) is 6.20. The Bertz CT molecular complexity index is 842. The van der Waals surface area contributed by atoms with Crippen molar-refractivity contribution in [3.8, 4) is 5.75 Å². The van der Waals surface area contributed by atoms with E-state index in [-0.39, 0.29) is 29.6 Å². The Hall–Kier alpha value is -3.00. The van der Waals surface area contributed by atoms with Gasteiger partial charge in [-0.3, -0.25) is 14.9 Å². The molecule has 27 heavy (non-hydrogen) atoms. The molecule has 0 fully saturated rings. The molecule has 0 aliphatic heterocycles. The molecule has 0 aliphatic carbocycles. The summed E-state index contributed by atoms with van der Waals surface area (Å²) in [7, 11) is 1.40. The first kappa shape index (κ1) is 20.3. The summed E-state index contributed by atoms with van der Waals surface area (Å²) in [6, 6.07) is 9.32. The third-order valence-corrected chi connectivity index (χ3v) is 4.29. The Morgan fingerprint density at radius 1 is 1.33 bits per heavy atom. The van der Waals surface area contributed by atoms with Gasteiger partial charge in [0.2, 0.25) is 0 Å². The van der Waals surface area contributed by atoms with Crippen molar-refractivity contribution in [1.29, 1.82) is 0 Å². The molecule has 2 aromatic rings. The Kier molecular flexibility index (Phi) is 6.84. The highest BCUT2D eigenvalue weighted by Gasteiger charge is 2.20. The highest BCUT2D eigenvalue weighted by Crippen LogP contribution is 2.27. The summed E-state index contributed by atoms with van der Waals surface area (Å²) < 4.78 is 18.7. The van der Waals surface area contributed by atoms with E-state index in [1.807, 2.05) is 6.92 Å². The normalized spacial score (nSPS) is 11.7. The van der Waals surface area contributed by atoms with Crippen molar-refractivity contribution in [2.24, 2.45) is 0 Å². The molecule has 1 unspecified atom stereocenters. The monoisotopic (exact) mass is 376 g/mol. The van der Waals surface area contributed by atoms with E-state index >= 15 is 0 Å². The lowest BCUT2D eigenvalue weighted by atomic mass is 10.1. The zero-order valence-corrected chi connectivity index (χ0v) is 15.5. The number of hydrogen-bond donors (Lipinski definition) is 2. The van der Waals surface area contributed by atoms with Gasteiger partial charge in [-0.2, -0.15) is 0 Å². The summed E-state index contributed by atoms with van der Waals surface area (Å²) in [6.45, 7) is 4.80. The summed E-state index contributed by atoms with van der Waals surface area (Å²) in [4.78, 5) is 24.0. The molecule has 0 saturated heterocycles. The number of carbonyl (C=O) groups is 1. The summed E-state index contributed by atoms with van der Waals surface area (Å²) in [5.41, 5.74) is 1.42. The molecule has 1 amide bonds. The van der Waals surface area contributed by atoms with Crippen molar-refractivity contribution in [1.82, 2.24) is 0 Å². The second-order valence-electron chi connectivity index (χ2n) is 6.20. The van der Waals surface area contributed by atoms with Crippen LogP contribution in [0.5, 0.6) is 5.75 Å². The Labute approximate surface area is 156 Å². The predicted octanol–water partition coefficient (Wildman–Crippen LogP) is 2.09. The van der Waals surface area contributed by atoms with Crippen molar-refractivity contribution in [2.45, 2.75) is 20.4 Å². The molecule has 0 aromatic heterocycles. The van der Waals surface area contributed by atoms with Gasteiger partial charge < -0.3 is 15.0 Å². The Balaban J connectivity index is 2.08. The maximum absolute atomic E-state index is 13.8. The predicted molar refractivity (Wildman–Crippen MR) is 99.5 cm³/mol. The van der Waals surface area contributed by atoms with Gasteiger partial charge in [0.15, 0.2) is 18.1 Å².